The van der Waals surface area contributed by atoms with Gasteiger partial charge < -0.3 is 5.73 Å². The van der Waals surface area contributed by atoms with Gasteiger partial charge in [-0.1, -0.05) is 11.6 Å². The molecule has 54 valence electrons. The molecule has 0 spiro atoms. The molecule has 0 amide bonds. The number of nitrogens with two attached hydrogens (primary N) is 1. The van der Waals surface area contributed by atoms with Crippen molar-refractivity contribution in [2.24, 2.45) is 0 Å². The van der Waals surface area contributed by atoms with Crippen molar-refractivity contribution in [2.75, 3.05) is 5.73 Å². The number of anilines is 1. The number of halogens is 1. The van der Waals surface area contributed by atoms with Gasteiger partial charge in [0.25, 0.3) is 0 Å². The summed E-state index contributed by atoms with van der Waals surface area (Å²) >= 11 is 5.66. The molecule has 2 N–H and O–H groups in total. The van der Waals surface area contributed by atoms with Crippen molar-refractivity contribution in [3.8, 4) is 0 Å². The first-order valence-electron chi connectivity index (χ1n) is 3.00. The zero-order valence-electron chi connectivity index (χ0n) is 5.98. The molecule has 1 aromatic rings. The standard InChI is InChI=1S/C7H9ClN2/c1-4-3-6(8)10-5(2)7(4)9/h3H,9H2,1-2H3. The lowest BCUT2D eigenvalue weighted by Crippen LogP contribution is -1.95. The van der Waals surface area contributed by atoms with E-state index in [0.29, 0.717) is 5.15 Å². The highest BCUT2D eigenvalue weighted by molar-refractivity contribution is 6.29. The first-order valence-corrected chi connectivity index (χ1v) is 3.38. The molecular weight excluding hydrogens is 148 g/mol. The second kappa shape index (κ2) is 2.46. The number of pyridine rings is 1. The third-order valence-electron chi connectivity index (χ3n) is 1.42. The van der Waals surface area contributed by atoms with Crippen molar-refractivity contribution in [3.63, 3.8) is 0 Å². The van der Waals surface area contributed by atoms with Gasteiger partial charge in [0.15, 0.2) is 0 Å². The van der Waals surface area contributed by atoms with Crippen molar-refractivity contribution in [3.05, 3.63) is 22.5 Å². The van der Waals surface area contributed by atoms with Crippen LogP contribution in [-0.2, 0) is 0 Å². The minimum Gasteiger partial charge on any atom is -0.397 e. The summed E-state index contributed by atoms with van der Waals surface area (Å²) in [5.41, 5.74) is 8.14. The van der Waals surface area contributed by atoms with E-state index in [4.69, 9.17) is 17.3 Å². The number of hydrogen-bond donors (Lipinski definition) is 1. The van der Waals surface area contributed by atoms with Crippen LogP contribution in [0.25, 0.3) is 0 Å². The fraction of sp³-hybridized carbons (Fsp3) is 0.286. The summed E-state index contributed by atoms with van der Waals surface area (Å²) in [7, 11) is 0. The number of hydrogen-bond acceptors (Lipinski definition) is 2. The van der Waals surface area contributed by atoms with Gasteiger partial charge in [-0.25, -0.2) is 4.98 Å². The molecule has 1 heterocycles. The van der Waals surface area contributed by atoms with E-state index in [1.807, 2.05) is 13.8 Å². The second-order valence-electron chi connectivity index (χ2n) is 2.26. The lowest BCUT2D eigenvalue weighted by atomic mass is 10.2. The van der Waals surface area contributed by atoms with Crippen LogP contribution in [0.5, 0.6) is 0 Å². The van der Waals surface area contributed by atoms with E-state index >= 15 is 0 Å². The van der Waals surface area contributed by atoms with Crippen LogP contribution in [0.3, 0.4) is 0 Å². The summed E-state index contributed by atoms with van der Waals surface area (Å²) in [5.74, 6) is 0. The summed E-state index contributed by atoms with van der Waals surface area (Å²) in [5, 5.41) is 0.504. The minimum absolute atomic E-state index is 0.504. The highest BCUT2D eigenvalue weighted by Crippen LogP contribution is 2.17. The van der Waals surface area contributed by atoms with Crippen LogP contribution >= 0.6 is 11.6 Å². The van der Waals surface area contributed by atoms with Gasteiger partial charge in [-0.15, -0.1) is 0 Å². The smallest absolute Gasteiger partial charge is 0.129 e. The van der Waals surface area contributed by atoms with Crippen LogP contribution in [0.2, 0.25) is 5.15 Å². The molecule has 0 atom stereocenters. The summed E-state index contributed by atoms with van der Waals surface area (Å²) in [6.07, 6.45) is 0. The fourth-order valence-electron chi connectivity index (χ4n) is 0.794. The molecule has 2 nitrogen and oxygen atoms in total. The van der Waals surface area contributed by atoms with Crippen LogP contribution in [0.4, 0.5) is 5.69 Å². The third kappa shape index (κ3) is 1.21. The van der Waals surface area contributed by atoms with E-state index in [2.05, 4.69) is 4.98 Å². The maximum Gasteiger partial charge on any atom is 0.129 e. The number of nitrogen functional groups attached to an aromatic ring is 1. The van der Waals surface area contributed by atoms with Gasteiger partial charge in [0.05, 0.1) is 11.4 Å². The third-order valence-corrected chi connectivity index (χ3v) is 1.62. The zero-order valence-corrected chi connectivity index (χ0v) is 6.74. The van der Waals surface area contributed by atoms with Crippen molar-refractivity contribution in [2.45, 2.75) is 13.8 Å². The summed E-state index contributed by atoms with van der Waals surface area (Å²) in [6.45, 7) is 3.75. The average Bonchev–Trinajstić information content (AvgIpc) is 1.82. The minimum atomic E-state index is 0.504. The van der Waals surface area contributed by atoms with Crippen LogP contribution in [0, 0.1) is 13.8 Å². The van der Waals surface area contributed by atoms with E-state index in [1.165, 1.54) is 0 Å². The van der Waals surface area contributed by atoms with Crippen LogP contribution < -0.4 is 5.73 Å². The molecule has 0 saturated heterocycles. The predicted molar refractivity (Wildman–Crippen MR) is 43.1 cm³/mol. The van der Waals surface area contributed by atoms with Crippen LogP contribution in [-0.4, -0.2) is 4.98 Å². The first kappa shape index (κ1) is 7.35. The largest absolute Gasteiger partial charge is 0.397 e. The van der Waals surface area contributed by atoms with Gasteiger partial charge in [0.1, 0.15) is 5.15 Å². The van der Waals surface area contributed by atoms with E-state index in [9.17, 15) is 0 Å². The summed E-state index contributed by atoms with van der Waals surface area (Å²) in [6, 6.07) is 1.75. The molecule has 10 heavy (non-hydrogen) atoms. The molecule has 0 aliphatic heterocycles. The fourth-order valence-corrected chi connectivity index (χ4v) is 1.08. The van der Waals surface area contributed by atoms with Crippen LogP contribution in [0.1, 0.15) is 11.3 Å². The molecule has 1 rings (SSSR count). The highest BCUT2D eigenvalue weighted by atomic mass is 35.5. The molecule has 0 saturated carbocycles. The number of aryl methyl sites for hydroxylation is 2. The molecule has 0 aliphatic rings. The molecule has 0 unspecified atom stereocenters. The summed E-state index contributed by atoms with van der Waals surface area (Å²) < 4.78 is 0. The van der Waals surface area contributed by atoms with Gasteiger partial charge in [-0.2, -0.15) is 0 Å². The SMILES string of the molecule is Cc1cc(Cl)nc(C)c1N. The topological polar surface area (TPSA) is 38.9 Å². The van der Waals surface area contributed by atoms with E-state index in [0.717, 1.165) is 16.9 Å². The van der Waals surface area contributed by atoms with E-state index < -0.39 is 0 Å². The average molecular weight is 157 g/mol. The van der Waals surface area contributed by atoms with Crippen molar-refractivity contribution < 1.29 is 0 Å². The molecule has 0 radical (unpaired) electrons. The zero-order chi connectivity index (χ0) is 7.72. The van der Waals surface area contributed by atoms with Crippen molar-refractivity contribution in [1.82, 2.24) is 4.98 Å². The number of rotatable bonds is 0. The molecular formula is C7H9ClN2. The van der Waals surface area contributed by atoms with Gasteiger partial charge in [0.2, 0.25) is 0 Å². The van der Waals surface area contributed by atoms with Crippen LogP contribution in [0.15, 0.2) is 6.07 Å². The number of nitrogens with zero attached hydrogens (tertiary/aromatic N) is 1. The Morgan fingerprint density at radius 2 is 2.10 bits per heavy atom. The highest BCUT2D eigenvalue weighted by Gasteiger charge is 1.99. The van der Waals surface area contributed by atoms with Crippen molar-refractivity contribution in [1.29, 1.82) is 0 Å². The molecule has 0 aromatic carbocycles. The quantitative estimate of drug-likeness (QED) is 0.583. The van der Waals surface area contributed by atoms with E-state index in [-0.39, 0.29) is 0 Å². The summed E-state index contributed by atoms with van der Waals surface area (Å²) in [4.78, 5) is 3.97. The van der Waals surface area contributed by atoms with Gasteiger partial charge in [-0.3, -0.25) is 0 Å². The lowest BCUT2D eigenvalue weighted by molar-refractivity contribution is 1.18. The maximum atomic E-state index is 5.66. The Hall–Kier alpha value is -0.760. The van der Waals surface area contributed by atoms with Gasteiger partial charge in [-0.05, 0) is 25.5 Å². The monoisotopic (exact) mass is 156 g/mol. The van der Waals surface area contributed by atoms with Gasteiger partial charge in [0, 0.05) is 0 Å². The first-order chi connectivity index (χ1) is 4.61. The lowest BCUT2D eigenvalue weighted by Gasteiger charge is -2.02. The molecule has 0 bridgehead atoms. The predicted octanol–water partition coefficient (Wildman–Crippen LogP) is 1.93. The Balaban J connectivity index is 3.31. The Labute approximate surface area is 65.0 Å². The Morgan fingerprint density at radius 3 is 2.60 bits per heavy atom. The maximum absolute atomic E-state index is 5.66. The number of aromatic nitrogens is 1. The molecule has 0 fully saturated rings. The molecule has 1 aromatic heterocycles. The molecule has 0 aliphatic carbocycles. The normalized spacial score (nSPS) is 9.90. The molecule has 3 heteroatoms. The second-order valence-corrected chi connectivity index (χ2v) is 2.65. The Morgan fingerprint density at radius 1 is 1.50 bits per heavy atom. The van der Waals surface area contributed by atoms with E-state index in [1.54, 1.807) is 6.07 Å². The van der Waals surface area contributed by atoms with Gasteiger partial charge >= 0.3 is 0 Å². The Kier molecular flexibility index (Phi) is 1.81. The Bertz CT molecular complexity index is 235. The van der Waals surface area contributed by atoms with Crippen molar-refractivity contribution >= 4 is 17.3 Å².